The van der Waals surface area contributed by atoms with Gasteiger partial charge in [0.05, 0.1) is 0 Å². The van der Waals surface area contributed by atoms with Crippen LogP contribution in [0, 0.1) is 5.92 Å². The fraction of sp³-hybridized carbons (Fsp3) is 0.727. The van der Waals surface area contributed by atoms with Crippen LogP contribution in [0.1, 0.15) is 13.3 Å². The number of amides is 3. The molecule has 3 amide bonds. The number of likely N-dealkylation sites (tertiary alicyclic amines) is 1. The Morgan fingerprint density at radius 2 is 2.00 bits per heavy atom. The largest absolute Gasteiger partial charge is 0.339 e. The Kier molecular flexibility index (Phi) is 3.42. The molecule has 2 fully saturated rings. The van der Waals surface area contributed by atoms with E-state index in [4.69, 9.17) is 0 Å². The van der Waals surface area contributed by atoms with Crippen LogP contribution in [0.25, 0.3) is 0 Å². The van der Waals surface area contributed by atoms with E-state index >= 15 is 0 Å². The summed E-state index contributed by atoms with van der Waals surface area (Å²) in [4.78, 5) is 37.9. The fourth-order valence-electron chi connectivity index (χ4n) is 2.16. The lowest BCUT2D eigenvalue weighted by atomic mass is 10.1. The molecule has 2 aliphatic heterocycles. The van der Waals surface area contributed by atoms with Gasteiger partial charge in [-0.15, -0.1) is 0 Å². The van der Waals surface area contributed by atoms with Gasteiger partial charge >= 0.3 is 0 Å². The normalized spacial score (nSPS) is 25.6. The minimum Gasteiger partial charge on any atom is -0.339 e. The minimum atomic E-state index is -0.279. The lowest BCUT2D eigenvalue weighted by Gasteiger charge is -2.28. The summed E-state index contributed by atoms with van der Waals surface area (Å²) >= 11 is 0. The van der Waals surface area contributed by atoms with Crippen molar-refractivity contribution in [3.8, 4) is 0 Å². The highest BCUT2D eigenvalue weighted by Gasteiger charge is 2.37. The maximum Gasteiger partial charge on any atom is 0.242 e. The SMILES string of the molecule is CC1CC(=O)N(CC(=O)N2CCNCC2)C1=O. The molecule has 1 unspecified atom stereocenters. The summed E-state index contributed by atoms with van der Waals surface area (Å²) in [5.41, 5.74) is 0. The average molecular weight is 239 g/mol. The standard InChI is InChI=1S/C11H17N3O3/c1-8-6-9(15)14(11(8)17)7-10(16)13-4-2-12-3-5-13/h8,12H,2-7H2,1H3. The van der Waals surface area contributed by atoms with Gasteiger partial charge in [-0.2, -0.15) is 0 Å². The number of nitrogens with zero attached hydrogens (tertiary/aromatic N) is 2. The van der Waals surface area contributed by atoms with Gasteiger partial charge < -0.3 is 10.2 Å². The number of nitrogens with one attached hydrogen (secondary N) is 1. The Labute approximate surface area is 99.9 Å². The summed E-state index contributed by atoms with van der Waals surface area (Å²) in [6.07, 6.45) is 0.230. The Morgan fingerprint density at radius 1 is 1.35 bits per heavy atom. The second-order valence-corrected chi connectivity index (χ2v) is 4.55. The van der Waals surface area contributed by atoms with Gasteiger partial charge in [0.1, 0.15) is 6.54 Å². The smallest absolute Gasteiger partial charge is 0.242 e. The first-order chi connectivity index (χ1) is 8.09. The van der Waals surface area contributed by atoms with Crippen molar-refractivity contribution in [2.75, 3.05) is 32.7 Å². The zero-order valence-corrected chi connectivity index (χ0v) is 9.94. The van der Waals surface area contributed by atoms with Gasteiger partial charge in [0.25, 0.3) is 0 Å². The topological polar surface area (TPSA) is 69.7 Å². The summed E-state index contributed by atoms with van der Waals surface area (Å²) in [5, 5.41) is 3.15. The molecule has 2 rings (SSSR count). The van der Waals surface area contributed by atoms with Gasteiger partial charge in [0.15, 0.2) is 0 Å². The van der Waals surface area contributed by atoms with E-state index in [0.29, 0.717) is 13.1 Å². The lowest BCUT2D eigenvalue weighted by molar-refractivity contribution is -0.146. The first kappa shape index (κ1) is 12.0. The molecule has 2 saturated heterocycles. The van der Waals surface area contributed by atoms with E-state index in [-0.39, 0.29) is 36.6 Å². The van der Waals surface area contributed by atoms with Crippen molar-refractivity contribution in [1.29, 1.82) is 0 Å². The molecule has 0 spiro atoms. The monoisotopic (exact) mass is 239 g/mol. The highest BCUT2D eigenvalue weighted by molar-refractivity contribution is 6.05. The molecular formula is C11H17N3O3. The molecule has 1 N–H and O–H groups in total. The van der Waals surface area contributed by atoms with Gasteiger partial charge in [-0.1, -0.05) is 6.92 Å². The maximum atomic E-state index is 11.9. The first-order valence-electron chi connectivity index (χ1n) is 5.92. The molecule has 6 heteroatoms. The molecule has 0 saturated carbocycles. The number of piperazine rings is 1. The molecule has 2 heterocycles. The van der Waals surface area contributed by atoms with E-state index in [1.807, 2.05) is 0 Å². The second kappa shape index (κ2) is 4.83. The molecule has 94 valence electrons. The maximum absolute atomic E-state index is 11.9. The highest BCUT2D eigenvalue weighted by atomic mass is 16.2. The molecule has 0 aromatic heterocycles. The summed E-state index contributed by atoms with van der Waals surface area (Å²) in [6.45, 7) is 4.45. The van der Waals surface area contributed by atoms with Crippen molar-refractivity contribution >= 4 is 17.7 Å². The van der Waals surface area contributed by atoms with Crippen LogP contribution in [-0.2, 0) is 14.4 Å². The van der Waals surface area contributed by atoms with Crippen LogP contribution in [0.4, 0.5) is 0 Å². The van der Waals surface area contributed by atoms with Crippen molar-refractivity contribution in [2.45, 2.75) is 13.3 Å². The molecule has 2 aliphatic rings. The van der Waals surface area contributed by atoms with E-state index in [2.05, 4.69) is 5.32 Å². The predicted molar refractivity (Wildman–Crippen MR) is 60.0 cm³/mol. The zero-order valence-electron chi connectivity index (χ0n) is 9.94. The third-order valence-corrected chi connectivity index (χ3v) is 3.23. The Morgan fingerprint density at radius 3 is 2.53 bits per heavy atom. The molecule has 6 nitrogen and oxygen atoms in total. The zero-order chi connectivity index (χ0) is 12.4. The molecule has 0 aromatic rings. The second-order valence-electron chi connectivity index (χ2n) is 4.55. The van der Waals surface area contributed by atoms with Crippen LogP contribution in [0.5, 0.6) is 0 Å². The van der Waals surface area contributed by atoms with Crippen molar-refractivity contribution in [2.24, 2.45) is 5.92 Å². The van der Waals surface area contributed by atoms with E-state index in [1.165, 1.54) is 0 Å². The van der Waals surface area contributed by atoms with Crippen LogP contribution < -0.4 is 5.32 Å². The number of hydrogen-bond acceptors (Lipinski definition) is 4. The van der Waals surface area contributed by atoms with Gasteiger partial charge in [-0.3, -0.25) is 19.3 Å². The van der Waals surface area contributed by atoms with Crippen LogP contribution >= 0.6 is 0 Å². The van der Waals surface area contributed by atoms with Crippen molar-refractivity contribution in [3.63, 3.8) is 0 Å². The van der Waals surface area contributed by atoms with Crippen molar-refractivity contribution < 1.29 is 14.4 Å². The first-order valence-corrected chi connectivity index (χ1v) is 5.92. The molecule has 1 atom stereocenters. The van der Waals surface area contributed by atoms with Crippen LogP contribution in [-0.4, -0.2) is 60.2 Å². The Balaban J connectivity index is 1.94. The summed E-state index contributed by atoms with van der Waals surface area (Å²) < 4.78 is 0. The summed E-state index contributed by atoms with van der Waals surface area (Å²) in [6, 6.07) is 0. The van der Waals surface area contributed by atoms with Crippen LogP contribution in [0.2, 0.25) is 0 Å². The molecule has 0 aromatic carbocycles. The van der Waals surface area contributed by atoms with E-state index < -0.39 is 0 Å². The van der Waals surface area contributed by atoms with Gasteiger partial charge in [-0.25, -0.2) is 0 Å². The summed E-state index contributed by atoms with van der Waals surface area (Å²) in [5.74, 6) is -0.870. The van der Waals surface area contributed by atoms with E-state index in [1.54, 1.807) is 11.8 Å². The Bertz CT molecular complexity index is 350. The number of carbonyl (C=O) groups is 3. The van der Waals surface area contributed by atoms with Crippen molar-refractivity contribution in [1.82, 2.24) is 15.1 Å². The number of imide groups is 1. The molecular weight excluding hydrogens is 222 g/mol. The van der Waals surface area contributed by atoms with Crippen LogP contribution in [0.15, 0.2) is 0 Å². The lowest BCUT2D eigenvalue weighted by Crippen LogP contribution is -2.50. The minimum absolute atomic E-state index is 0.0952. The number of carbonyl (C=O) groups excluding carboxylic acids is 3. The van der Waals surface area contributed by atoms with Gasteiger partial charge in [0.2, 0.25) is 17.7 Å². The summed E-state index contributed by atoms with van der Waals surface area (Å²) in [7, 11) is 0. The molecule has 0 bridgehead atoms. The van der Waals surface area contributed by atoms with Gasteiger partial charge in [-0.05, 0) is 0 Å². The molecule has 0 aliphatic carbocycles. The Hall–Kier alpha value is -1.43. The number of rotatable bonds is 2. The molecule has 17 heavy (non-hydrogen) atoms. The van der Waals surface area contributed by atoms with E-state index in [9.17, 15) is 14.4 Å². The third-order valence-electron chi connectivity index (χ3n) is 3.23. The van der Waals surface area contributed by atoms with E-state index in [0.717, 1.165) is 18.0 Å². The number of hydrogen-bond donors (Lipinski definition) is 1. The average Bonchev–Trinajstić information content (AvgIpc) is 2.57. The fourth-order valence-corrected chi connectivity index (χ4v) is 2.16. The van der Waals surface area contributed by atoms with Crippen LogP contribution in [0.3, 0.4) is 0 Å². The highest BCUT2D eigenvalue weighted by Crippen LogP contribution is 2.18. The van der Waals surface area contributed by atoms with Crippen molar-refractivity contribution in [3.05, 3.63) is 0 Å². The predicted octanol–water partition coefficient (Wildman–Crippen LogP) is -1.19. The molecule has 0 radical (unpaired) electrons. The quantitative estimate of drug-likeness (QED) is 0.615. The third kappa shape index (κ3) is 2.46. The van der Waals surface area contributed by atoms with Gasteiger partial charge in [0, 0.05) is 38.5 Å².